The molecule has 2 aromatic carbocycles. The molecule has 0 radical (unpaired) electrons. The third kappa shape index (κ3) is 6.95. The highest BCUT2D eigenvalue weighted by Gasteiger charge is 2.31. The molecule has 1 aliphatic carbocycles. The zero-order valence-electron chi connectivity index (χ0n) is 22.0. The number of carbonyl (C=O) groups excluding carboxylic acids is 1. The average molecular weight is 534 g/mol. The lowest BCUT2D eigenvalue weighted by molar-refractivity contribution is -0.137. The van der Waals surface area contributed by atoms with Gasteiger partial charge in [-0.2, -0.15) is 13.2 Å². The van der Waals surface area contributed by atoms with Crippen LogP contribution in [0.25, 0.3) is 17.2 Å². The Labute approximate surface area is 228 Å². The first kappa shape index (κ1) is 27.1. The Balaban J connectivity index is 1.31. The van der Waals surface area contributed by atoms with Crippen molar-refractivity contribution in [1.29, 1.82) is 0 Å². The van der Waals surface area contributed by atoms with Crippen LogP contribution in [0.5, 0.6) is 0 Å². The molecule has 0 N–H and O–H groups in total. The molecule has 0 spiro atoms. The first-order valence-electron chi connectivity index (χ1n) is 13.8. The second kappa shape index (κ2) is 12.2. The van der Waals surface area contributed by atoms with Crippen LogP contribution < -0.4 is 0 Å². The van der Waals surface area contributed by atoms with Gasteiger partial charge in [0.25, 0.3) is 0 Å². The highest BCUT2D eigenvalue weighted by molar-refractivity contribution is 5.92. The molecule has 0 atom stereocenters. The van der Waals surface area contributed by atoms with Gasteiger partial charge in [0.05, 0.1) is 5.56 Å². The van der Waals surface area contributed by atoms with Crippen LogP contribution >= 0.6 is 0 Å². The van der Waals surface area contributed by atoms with E-state index >= 15 is 0 Å². The van der Waals surface area contributed by atoms with E-state index in [9.17, 15) is 18.0 Å². The highest BCUT2D eigenvalue weighted by Crippen LogP contribution is 2.30. The molecular formula is C32H34F3N3O. The van der Waals surface area contributed by atoms with Crippen LogP contribution in [0.1, 0.15) is 55.2 Å². The predicted molar refractivity (Wildman–Crippen MR) is 148 cm³/mol. The van der Waals surface area contributed by atoms with Gasteiger partial charge in [0.2, 0.25) is 5.91 Å². The largest absolute Gasteiger partial charge is 0.416 e. The van der Waals surface area contributed by atoms with E-state index in [0.717, 1.165) is 54.8 Å². The zero-order valence-corrected chi connectivity index (χ0v) is 22.0. The second-order valence-electron chi connectivity index (χ2n) is 10.6. The van der Waals surface area contributed by atoms with E-state index in [1.165, 1.54) is 43.9 Å². The fraction of sp³-hybridized carbons (Fsp3) is 0.375. The minimum absolute atomic E-state index is 0.116. The first-order valence-corrected chi connectivity index (χ1v) is 13.8. The van der Waals surface area contributed by atoms with E-state index in [2.05, 4.69) is 34.1 Å². The van der Waals surface area contributed by atoms with Gasteiger partial charge in [0, 0.05) is 50.2 Å². The molecule has 5 rings (SSSR count). The SMILES string of the molecule is O=C(/C=C/c1ccc(C(F)(F)F)cc1)N(Cc1ccc(-c2cccnc2)cc1)C1CCN(C2CCCC2)CC1. The number of halogens is 3. The van der Waals surface area contributed by atoms with Crippen molar-refractivity contribution in [2.24, 2.45) is 0 Å². The Hall–Kier alpha value is -3.45. The lowest BCUT2D eigenvalue weighted by atomic mass is 9.99. The van der Waals surface area contributed by atoms with Gasteiger partial charge < -0.3 is 9.80 Å². The summed E-state index contributed by atoms with van der Waals surface area (Å²) >= 11 is 0. The average Bonchev–Trinajstić information content (AvgIpc) is 3.51. The van der Waals surface area contributed by atoms with Gasteiger partial charge in [-0.25, -0.2) is 0 Å². The molecule has 7 heteroatoms. The summed E-state index contributed by atoms with van der Waals surface area (Å²) < 4.78 is 38.7. The van der Waals surface area contributed by atoms with E-state index in [1.807, 2.05) is 23.2 Å². The maximum absolute atomic E-state index is 13.5. The number of aromatic nitrogens is 1. The number of alkyl halides is 3. The third-order valence-corrected chi connectivity index (χ3v) is 8.02. The van der Waals surface area contributed by atoms with E-state index in [4.69, 9.17) is 0 Å². The van der Waals surface area contributed by atoms with Crippen molar-refractivity contribution in [1.82, 2.24) is 14.8 Å². The fourth-order valence-electron chi connectivity index (χ4n) is 5.80. The topological polar surface area (TPSA) is 36.4 Å². The highest BCUT2D eigenvalue weighted by atomic mass is 19.4. The molecule has 1 aliphatic heterocycles. The van der Waals surface area contributed by atoms with Crippen molar-refractivity contribution in [3.63, 3.8) is 0 Å². The standard InChI is InChI=1S/C32H34F3N3O/c33-32(34,35)28-14-9-24(10-15-28)11-16-31(39)38(30-17-20-37(21-18-30)29-5-1-2-6-29)23-25-7-12-26(13-8-25)27-4-3-19-36-22-27/h3-4,7-16,19,22,29-30H,1-2,5-6,17-18,20-21,23H2/b16-11+. The summed E-state index contributed by atoms with van der Waals surface area (Å²) in [6.07, 6.45) is 9.29. The molecule has 1 aromatic heterocycles. The van der Waals surface area contributed by atoms with Gasteiger partial charge in [0.1, 0.15) is 0 Å². The molecule has 4 nitrogen and oxygen atoms in total. The summed E-state index contributed by atoms with van der Waals surface area (Å²) in [5.41, 5.74) is 3.01. The van der Waals surface area contributed by atoms with Crippen molar-refractivity contribution < 1.29 is 18.0 Å². The number of pyridine rings is 1. The maximum Gasteiger partial charge on any atom is 0.416 e. The smallest absolute Gasteiger partial charge is 0.332 e. The van der Waals surface area contributed by atoms with E-state index in [1.54, 1.807) is 12.3 Å². The van der Waals surface area contributed by atoms with E-state index in [-0.39, 0.29) is 11.9 Å². The number of carbonyl (C=O) groups is 1. The van der Waals surface area contributed by atoms with Crippen LogP contribution in [0.3, 0.4) is 0 Å². The third-order valence-electron chi connectivity index (χ3n) is 8.02. The number of hydrogen-bond donors (Lipinski definition) is 0. The molecule has 1 saturated heterocycles. The number of nitrogens with zero attached hydrogens (tertiary/aromatic N) is 3. The van der Waals surface area contributed by atoms with Crippen LogP contribution in [0.15, 0.2) is 79.1 Å². The molecular weight excluding hydrogens is 499 g/mol. The molecule has 3 aromatic rings. The minimum Gasteiger partial charge on any atom is -0.332 e. The molecule has 1 saturated carbocycles. The molecule has 2 fully saturated rings. The van der Waals surface area contributed by atoms with Crippen LogP contribution in [0, 0.1) is 0 Å². The molecule has 204 valence electrons. The predicted octanol–water partition coefficient (Wildman–Crippen LogP) is 7.22. The number of rotatable bonds is 7. The normalized spacial score (nSPS) is 17.6. The Kier molecular flexibility index (Phi) is 8.46. The zero-order chi connectivity index (χ0) is 27.2. The van der Waals surface area contributed by atoms with Crippen molar-refractivity contribution in [2.75, 3.05) is 13.1 Å². The second-order valence-corrected chi connectivity index (χ2v) is 10.6. The lowest BCUT2D eigenvalue weighted by Gasteiger charge is -2.40. The summed E-state index contributed by atoms with van der Waals surface area (Å²) in [5, 5.41) is 0. The monoisotopic (exact) mass is 533 g/mol. The lowest BCUT2D eigenvalue weighted by Crippen LogP contribution is -2.48. The summed E-state index contributed by atoms with van der Waals surface area (Å²) in [6, 6.07) is 17.8. The number of piperidine rings is 1. The Bertz CT molecular complexity index is 1240. The molecule has 0 unspecified atom stereocenters. The van der Waals surface area contributed by atoms with Crippen LogP contribution in [0.2, 0.25) is 0 Å². The Morgan fingerprint density at radius 2 is 1.62 bits per heavy atom. The Morgan fingerprint density at radius 3 is 2.23 bits per heavy atom. The molecule has 2 heterocycles. The van der Waals surface area contributed by atoms with Gasteiger partial charge in [-0.3, -0.25) is 9.78 Å². The molecule has 0 bridgehead atoms. The molecule has 1 amide bonds. The molecule has 2 aliphatic rings. The summed E-state index contributed by atoms with van der Waals surface area (Å²) in [5.74, 6) is -0.120. The van der Waals surface area contributed by atoms with Crippen LogP contribution in [-0.4, -0.2) is 45.9 Å². The van der Waals surface area contributed by atoms with Gasteiger partial charge in [-0.15, -0.1) is 0 Å². The number of hydrogen-bond acceptors (Lipinski definition) is 3. The van der Waals surface area contributed by atoms with Gasteiger partial charge in [-0.1, -0.05) is 55.3 Å². The van der Waals surface area contributed by atoms with Gasteiger partial charge in [0.15, 0.2) is 0 Å². The molecule has 39 heavy (non-hydrogen) atoms. The summed E-state index contributed by atoms with van der Waals surface area (Å²) in [4.78, 5) is 22.2. The van der Waals surface area contributed by atoms with Crippen LogP contribution in [-0.2, 0) is 17.5 Å². The minimum atomic E-state index is -4.38. The van der Waals surface area contributed by atoms with Crippen molar-refractivity contribution in [3.8, 4) is 11.1 Å². The Morgan fingerprint density at radius 1 is 0.923 bits per heavy atom. The van der Waals surface area contributed by atoms with Crippen molar-refractivity contribution >= 4 is 12.0 Å². The number of benzene rings is 2. The first-order chi connectivity index (χ1) is 18.9. The van der Waals surface area contributed by atoms with Crippen LogP contribution in [0.4, 0.5) is 13.2 Å². The maximum atomic E-state index is 13.5. The summed E-state index contributed by atoms with van der Waals surface area (Å²) in [7, 11) is 0. The summed E-state index contributed by atoms with van der Waals surface area (Å²) in [6.45, 7) is 2.46. The van der Waals surface area contributed by atoms with Crippen molar-refractivity contribution in [2.45, 2.75) is 63.3 Å². The van der Waals surface area contributed by atoms with E-state index in [0.29, 0.717) is 18.2 Å². The van der Waals surface area contributed by atoms with Crippen molar-refractivity contribution in [3.05, 3.63) is 95.8 Å². The number of amides is 1. The van der Waals surface area contributed by atoms with E-state index < -0.39 is 11.7 Å². The fourth-order valence-corrected chi connectivity index (χ4v) is 5.80. The quantitative estimate of drug-likeness (QED) is 0.301. The van der Waals surface area contributed by atoms with Gasteiger partial charge >= 0.3 is 6.18 Å². The number of likely N-dealkylation sites (tertiary alicyclic amines) is 1. The van der Waals surface area contributed by atoms with Gasteiger partial charge in [-0.05, 0) is 72.2 Å².